The predicted molar refractivity (Wildman–Crippen MR) is 63.5 cm³/mol. The van der Waals surface area contributed by atoms with Crippen molar-refractivity contribution in [1.82, 2.24) is 9.97 Å². The SMILES string of the molecule is Cc1ccc2nc(SC=CC(=O)O)[nH]c2c1. The van der Waals surface area contributed by atoms with E-state index in [0.29, 0.717) is 5.16 Å². The number of nitrogens with zero attached hydrogens (tertiary/aromatic N) is 1. The van der Waals surface area contributed by atoms with Crippen LogP contribution in [0, 0.1) is 6.92 Å². The van der Waals surface area contributed by atoms with Crippen LogP contribution in [-0.4, -0.2) is 21.0 Å². The fraction of sp³-hybridized carbons (Fsp3) is 0.0909. The van der Waals surface area contributed by atoms with E-state index in [1.807, 2.05) is 25.1 Å². The Morgan fingerprint density at radius 3 is 3.12 bits per heavy atom. The number of aliphatic carboxylic acids is 1. The minimum atomic E-state index is -0.959. The van der Waals surface area contributed by atoms with Crippen molar-refractivity contribution in [3.8, 4) is 0 Å². The van der Waals surface area contributed by atoms with Gasteiger partial charge in [0.2, 0.25) is 0 Å². The largest absolute Gasteiger partial charge is 0.478 e. The highest BCUT2D eigenvalue weighted by Crippen LogP contribution is 2.20. The Labute approximate surface area is 96.4 Å². The molecule has 0 bridgehead atoms. The van der Waals surface area contributed by atoms with Gasteiger partial charge in [0.15, 0.2) is 5.16 Å². The molecule has 0 radical (unpaired) electrons. The lowest BCUT2D eigenvalue weighted by atomic mass is 10.2. The molecule has 5 heteroatoms. The Bertz CT molecular complexity index is 560. The van der Waals surface area contributed by atoms with Crippen molar-refractivity contribution in [2.45, 2.75) is 12.1 Å². The molecule has 0 unspecified atom stereocenters. The molecular formula is C11H10N2O2S. The van der Waals surface area contributed by atoms with Gasteiger partial charge in [-0.3, -0.25) is 0 Å². The second-order valence-electron chi connectivity index (χ2n) is 3.32. The Morgan fingerprint density at radius 2 is 2.38 bits per heavy atom. The summed E-state index contributed by atoms with van der Waals surface area (Å²) in [5, 5.41) is 10.6. The minimum Gasteiger partial charge on any atom is -0.478 e. The van der Waals surface area contributed by atoms with Crippen molar-refractivity contribution in [3.05, 3.63) is 35.2 Å². The molecule has 0 saturated carbocycles. The van der Waals surface area contributed by atoms with Crippen LogP contribution < -0.4 is 0 Å². The summed E-state index contributed by atoms with van der Waals surface area (Å²) >= 11 is 1.25. The molecule has 0 amide bonds. The lowest BCUT2D eigenvalue weighted by molar-refractivity contribution is -0.131. The maximum atomic E-state index is 10.3. The van der Waals surface area contributed by atoms with Gasteiger partial charge in [-0.05, 0) is 30.0 Å². The summed E-state index contributed by atoms with van der Waals surface area (Å²) < 4.78 is 0. The number of hydrogen-bond acceptors (Lipinski definition) is 3. The summed E-state index contributed by atoms with van der Waals surface area (Å²) in [4.78, 5) is 17.7. The molecular weight excluding hydrogens is 224 g/mol. The zero-order valence-electron chi connectivity index (χ0n) is 8.60. The predicted octanol–water partition coefficient (Wildman–Crippen LogP) is 2.56. The van der Waals surface area contributed by atoms with Crippen molar-refractivity contribution < 1.29 is 9.90 Å². The summed E-state index contributed by atoms with van der Waals surface area (Å²) in [5.41, 5.74) is 3.01. The first-order valence-electron chi connectivity index (χ1n) is 4.67. The number of aryl methyl sites for hydroxylation is 1. The van der Waals surface area contributed by atoms with E-state index in [1.54, 1.807) is 0 Å². The molecule has 2 N–H and O–H groups in total. The van der Waals surface area contributed by atoms with E-state index in [9.17, 15) is 4.79 Å². The molecule has 0 aliphatic heterocycles. The van der Waals surface area contributed by atoms with Crippen LogP contribution >= 0.6 is 11.8 Å². The van der Waals surface area contributed by atoms with Crippen LogP contribution in [0.15, 0.2) is 34.8 Å². The van der Waals surface area contributed by atoms with Gasteiger partial charge in [-0.25, -0.2) is 9.78 Å². The first kappa shape index (κ1) is 10.8. The molecule has 16 heavy (non-hydrogen) atoms. The number of benzene rings is 1. The smallest absolute Gasteiger partial charge is 0.328 e. The van der Waals surface area contributed by atoms with Gasteiger partial charge in [0, 0.05) is 6.08 Å². The minimum absolute atomic E-state index is 0.693. The average molecular weight is 234 g/mol. The Kier molecular flexibility index (Phi) is 2.96. The molecule has 0 fully saturated rings. The van der Waals surface area contributed by atoms with Crippen LogP contribution in [0.1, 0.15) is 5.56 Å². The lowest BCUT2D eigenvalue weighted by Gasteiger charge is -1.89. The summed E-state index contributed by atoms with van der Waals surface area (Å²) in [5.74, 6) is -0.959. The summed E-state index contributed by atoms with van der Waals surface area (Å²) in [6.07, 6.45) is 1.09. The van der Waals surface area contributed by atoms with E-state index in [0.717, 1.165) is 22.7 Å². The van der Waals surface area contributed by atoms with E-state index in [-0.39, 0.29) is 0 Å². The highest BCUT2D eigenvalue weighted by molar-refractivity contribution is 8.02. The molecule has 0 atom stereocenters. The topological polar surface area (TPSA) is 66.0 Å². The van der Waals surface area contributed by atoms with Crippen molar-refractivity contribution in [2.75, 3.05) is 0 Å². The zero-order valence-corrected chi connectivity index (χ0v) is 9.41. The van der Waals surface area contributed by atoms with Crippen molar-refractivity contribution in [2.24, 2.45) is 0 Å². The number of thioether (sulfide) groups is 1. The molecule has 1 heterocycles. The third kappa shape index (κ3) is 2.43. The highest BCUT2D eigenvalue weighted by atomic mass is 32.2. The maximum Gasteiger partial charge on any atom is 0.328 e. The lowest BCUT2D eigenvalue weighted by Crippen LogP contribution is -1.84. The number of nitrogens with one attached hydrogen (secondary N) is 1. The van der Waals surface area contributed by atoms with Crippen LogP contribution in [-0.2, 0) is 4.79 Å². The van der Waals surface area contributed by atoms with E-state index in [2.05, 4.69) is 9.97 Å². The molecule has 0 spiro atoms. The molecule has 0 aliphatic rings. The molecule has 4 nitrogen and oxygen atoms in total. The molecule has 1 aromatic heterocycles. The number of carbonyl (C=O) groups is 1. The van der Waals surface area contributed by atoms with E-state index < -0.39 is 5.97 Å². The van der Waals surface area contributed by atoms with Crippen molar-refractivity contribution in [1.29, 1.82) is 0 Å². The first-order chi connectivity index (χ1) is 7.65. The van der Waals surface area contributed by atoms with Gasteiger partial charge in [0.25, 0.3) is 0 Å². The third-order valence-electron chi connectivity index (χ3n) is 2.01. The third-order valence-corrected chi connectivity index (χ3v) is 2.69. The van der Waals surface area contributed by atoms with Gasteiger partial charge in [-0.1, -0.05) is 17.8 Å². The number of fused-ring (bicyclic) bond motifs is 1. The first-order valence-corrected chi connectivity index (χ1v) is 5.55. The van der Waals surface area contributed by atoms with Gasteiger partial charge >= 0.3 is 5.97 Å². The summed E-state index contributed by atoms with van der Waals surface area (Å²) in [6, 6.07) is 5.93. The van der Waals surface area contributed by atoms with Gasteiger partial charge in [-0.2, -0.15) is 0 Å². The van der Waals surface area contributed by atoms with Crippen LogP contribution in [0.25, 0.3) is 11.0 Å². The number of aromatic amines is 1. The molecule has 0 saturated heterocycles. The number of imidazole rings is 1. The van der Waals surface area contributed by atoms with Gasteiger partial charge in [-0.15, -0.1) is 0 Å². The van der Waals surface area contributed by atoms with Crippen LogP contribution in [0.2, 0.25) is 0 Å². The summed E-state index contributed by atoms with van der Waals surface area (Å²) in [6.45, 7) is 2.01. The van der Waals surface area contributed by atoms with E-state index >= 15 is 0 Å². The van der Waals surface area contributed by atoms with E-state index in [4.69, 9.17) is 5.11 Å². The number of aromatic nitrogens is 2. The number of H-pyrrole nitrogens is 1. The normalized spacial score (nSPS) is 11.3. The molecule has 2 rings (SSSR count). The second kappa shape index (κ2) is 4.40. The maximum absolute atomic E-state index is 10.3. The van der Waals surface area contributed by atoms with E-state index in [1.165, 1.54) is 17.2 Å². The number of rotatable bonds is 3. The zero-order chi connectivity index (χ0) is 11.5. The Balaban J connectivity index is 2.23. The number of hydrogen-bond donors (Lipinski definition) is 2. The van der Waals surface area contributed by atoms with Crippen LogP contribution in [0.4, 0.5) is 0 Å². The highest BCUT2D eigenvalue weighted by Gasteiger charge is 2.01. The fourth-order valence-electron chi connectivity index (χ4n) is 1.31. The fourth-order valence-corrected chi connectivity index (χ4v) is 1.95. The quantitative estimate of drug-likeness (QED) is 0.632. The van der Waals surface area contributed by atoms with Gasteiger partial charge < -0.3 is 10.1 Å². The van der Waals surface area contributed by atoms with Crippen LogP contribution in [0.3, 0.4) is 0 Å². The van der Waals surface area contributed by atoms with Gasteiger partial charge in [0.1, 0.15) is 0 Å². The molecule has 0 aliphatic carbocycles. The molecule has 1 aromatic carbocycles. The Morgan fingerprint density at radius 1 is 1.56 bits per heavy atom. The van der Waals surface area contributed by atoms with Gasteiger partial charge in [0.05, 0.1) is 11.0 Å². The average Bonchev–Trinajstić information content (AvgIpc) is 2.58. The van der Waals surface area contributed by atoms with Crippen molar-refractivity contribution in [3.63, 3.8) is 0 Å². The molecule has 2 aromatic rings. The van der Waals surface area contributed by atoms with Crippen molar-refractivity contribution >= 4 is 28.8 Å². The Hall–Kier alpha value is -1.75. The number of carboxylic acid groups (broad SMARTS) is 1. The standard InChI is InChI=1S/C11H10N2O2S/c1-7-2-3-8-9(6-7)13-11(12-8)16-5-4-10(14)15/h2-6H,1H3,(H,12,13)(H,14,15). The summed E-state index contributed by atoms with van der Waals surface area (Å²) in [7, 11) is 0. The van der Waals surface area contributed by atoms with Crippen LogP contribution in [0.5, 0.6) is 0 Å². The molecule has 82 valence electrons. The monoisotopic (exact) mass is 234 g/mol. The number of carboxylic acids is 1. The second-order valence-corrected chi connectivity index (χ2v) is 4.22.